The summed E-state index contributed by atoms with van der Waals surface area (Å²) in [5.74, 6) is -0.449. The maximum atomic E-state index is 13.6. The molecule has 1 unspecified atom stereocenters. The molecule has 1 atom stereocenters. The van der Waals surface area contributed by atoms with E-state index in [9.17, 15) is 18.0 Å². The van der Waals surface area contributed by atoms with Gasteiger partial charge in [-0.2, -0.15) is 0 Å². The standard InChI is InChI=1S/C27H36ClN3O4S/c1-19(2)21-13-15-24(16-14-21)31(36(4,34)35)18-26(32)30(17-22-9-5-8-12-25(22)28)20(3)27(33)29-23-10-6-7-11-23/h5,8-9,12-16,19-20,23H,6-7,10-11,17-18H2,1-4H3,(H,29,33). The van der Waals surface area contributed by atoms with E-state index in [2.05, 4.69) is 19.2 Å². The highest BCUT2D eigenvalue weighted by atomic mass is 35.5. The number of carbonyl (C=O) groups excluding carboxylic acids is 2. The van der Waals surface area contributed by atoms with Gasteiger partial charge in [0.25, 0.3) is 0 Å². The highest BCUT2D eigenvalue weighted by Crippen LogP contribution is 2.24. The topological polar surface area (TPSA) is 86.8 Å². The Labute approximate surface area is 219 Å². The summed E-state index contributed by atoms with van der Waals surface area (Å²) in [7, 11) is -3.77. The Morgan fingerprint density at radius 1 is 1.03 bits per heavy atom. The normalized spacial score (nSPS) is 15.1. The summed E-state index contributed by atoms with van der Waals surface area (Å²) in [5, 5.41) is 3.52. The monoisotopic (exact) mass is 533 g/mol. The maximum absolute atomic E-state index is 13.6. The van der Waals surface area contributed by atoms with Crippen molar-refractivity contribution < 1.29 is 18.0 Å². The first-order chi connectivity index (χ1) is 17.0. The average Bonchev–Trinajstić information content (AvgIpc) is 3.34. The van der Waals surface area contributed by atoms with Crippen molar-refractivity contribution in [2.24, 2.45) is 0 Å². The molecular formula is C27H36ClN3O4S. The molecule has 0 spiro atoms. The Kier molecular flexibility index (Phi) is 9.41. The van der Waals surface area contributed by atoms with Crippen LogP contribution in [0.15, 0.2) is 48.5 Å². The number of anilines is 1. The molecule has 3 rings (SSSR count). The van der Waals surface area contributed by atoms with Gasteiger partial charge < -0.3 is 10.2 Å². The lowest BCUT2D eigenvalue weighted by molar-refractivity contribution is -0.139. The molecule has 0 bridgehead atoms. The molecule has 0 saturated heterocycles. The fourth-order valence-corrected chi connectivity index (χ4v) is 5.47. The number of hydrogen-bond donors (Lipinski definition) is 1. The van der Waals surface area contributed by atoms with Gasteiger partial charge in [-0.05, 0) is 55.0 Å². The highest BCUT2D eigenvalue weighted by Gasteiger charge is 2.31. The number of amides is 2. The smallest absolute Gasteiger partial charge is 0.244 e. The van der Waals surface area contributed by atoms with E-state index in [1.165, 1.54) is 4.90 Å². The number of halogens is 1. The first-order valence-electron chi connectivity index (χ1n) is 12.4. The Balaban J connectivity index is 1.88. The van der Waals surface area contributed by atoms with E-state index in [-0.39, 0.29) is 24.4 Å². The number of rotatable bonds is 10. The van der Waals surface area contributed by atoms with Gasteiger partial charge in [0.2, 0.25) is 21.8 Å². The van der Waals surface area contributed by atoms with E-state index < -0.39 is 28.5 Å². The quantitative estimate of drug-likeness (QED) is 0.479. The third-order valence-corrected chi connectivity index (χ3v) is 8.20. The van der Waals surface area contributed by atoms with Crippen LogP contribution in [0.5, 0.6) is 0 Å². The van der Waals surface area contributed by atoms with Gasteiger partial charge in [-0.1, -0.05) is 68.6 Å². The van der Waals surface area contributed by atoms with Gasteiger partial charge in [-0.25, -0.2) is 8.42 Å². The molecule has 0 aromatic heterocycles. The predicted octanol–water partition coefficient (Wildman–Crippen LogP) is 4.71. The van der Waals surface area contributed by atoms with Crippen molar-refractivity contribution in [3.8, 4) is 0 Å². The predicted molar refractivity (Wildman–Crippen MR) is 145 cm³/mol. The van der Waals surface area contributed by atoms with Crippen molar-refractivity contribution in [2.75, 3.05) is 17.1 Å². The number of benzene rings is 2. The summed E-state index contributed by atoms with van der Waals surface area (Å²) >= 11 is 6.36. The van der Waals surface area contributed by atoms with E-state index in [0.29, 0.717) is 16.3 Å². The van der Waals surface area contributed by atoms with E-state index >= 15 is 0 Å². The average molecular weight is 534 g/mol. The lowest BCUT2D eigenvalue weighted by Crippen LogP contribution is -2.52. The molecule has 0 radical (unpaired) electrons. The summed E-state index contributed by atoms with van der Waals surface area (Å²) in [4.78, 5) is 28.2. The van der Waals surface area contributed by atoms with Crippen LogP contribution in [0.2, 0.25) is 5.02 Å². The van der Waals surface area contributed by atoms with E-state index in [4.69, 9.17) is 11.6 Å². The Morgan fingerprint density at radius 2 is 1.64 bits per heavy atom. The van der Waals surface area contributed by atoms with Crippen molar-refractivity contribution in [1.29, 1.82) is 0 Å². The third kappa shape index (κ3) is 7.23. The first-order valence-corrected chi connectivity index (χ1v) is 14.6. The van der Waals surface area contributed by atoms with Crippen molar-refractivity contribution in [2.45, 2.75) is 71.0 Å². The number of hydrogen-bond acceptors (Lipinski definition) is 4. The molecule has 1 aliphatic carbocycles. The summed E-state index contributed by atoms with van der Waals surface area (Å²) in [6.07, 6.45) is 5.06. The number of sulfonamides is 1. The molecule has 1 N–H and O–H groups in total. The Bertz CT molecular complexity index is 1160. The molecule has 0 aliphatic heterocycles. The molecule has 36 heavy (non-hydrogen) atoms. The number of nitrogens with one attached hydrogen (secondary N) is 1. The van der Waals surface area contributed by atoms with Gasteiger partial charge in [0.05, 0.1) is 11.9 Å². The summed E-state index contributed by atoms with van der Waals surface area (Å²) < 4.78 is 26.5. The second-order valence-electron chi connectivity index (χ2n) is 9.79. The van der Waals surface area contributed by atoms with Gasteiger partial charge >= 0.3 is 0 Å². The largest absolute Gasteiger partial charge is 0.352 e. The van der Waals surface area contributed by atoms with Crippen LogP contribution in [0.3, 0.4) is 0 Å². The lowest BCUT2D eigenvalue weighted by atomic mass is 10.0. The highest BCUT2D eigenvalue weighted by molar-refractivity contribution is 7.92. The summed E-state index contributed by atoms with van der Waals surface area (Å²) in [6, 6.07) is 13.6. The SMILES string of the molecule is CC(C)c1ccc(N(CC(=O)N(Cc2ccccc2Cl)C(C)C(=O)NC2CCCC2)S(C)(=O)=O)cc1. The molecule has 9 heteroatoms. The van der Waals surface area contributed by atoms with Crippen LogP contribution in [0, 0.1) is 0 Å². The molecule has 0 heterocycles. The van der Waals surface area contributed by atoms with Crippen LogP contribution in [-0.4, -0.2) is 50.0 Å². The van der Waals surface area contributed by atoms with Crippen molar-refractivity contribution in [1.82, 2.24) is 10.2 Å². The minimum absolute atomic E-state index is 0.0850. The van der Waals surface area contributed by atoms with Crippen LogP contribution in [0.1, 0.15) is 63.5 Å². The van der Waals surface area contributed by atoms with Crippen molar-refractivity contribution >= 4 is 39.1 Å². The zero-order valence-corrected chi connectivity index (χ0v) is 23.0. The van der Waals surface area contributed by atoms with Crippen LogP contribution in [-0.2, 0) is 26.2 Å². The number of nitrogens with zero attached hydrogens (tertiary/aromatic N) is 2. The second kappa shape index (κ2) is 12.1. The zero-order chi connectivity index (χ0) is 26.5. The zero-order valence-electron chi connectivity index (χ0n) is 21.4. The van der Waals surface area contributed by atoms with E-state index in [1.807, 2.05) is 18.2 Å². The minimum atomic E-state index is -3.77. The summed E-state index contributed by atoms with van der Waals surface area (Å²) in [6.45, 7) is 5.43. The maximum Gasteiger partial charge on any atom is 0.244 e. The van der Waals surface area contributed by atoms with E-state index in [0.717, 1.165) is 41.8 Å². The second-order valence-corrected chi connectivity index (χ2v) is 12.1. The molecule has 196 valence electrons. The molecule has 2 amide bonds. The van der Waals surface area contributed by atoms with Gasteiger partial charge in [0.1, 0.15) is 12.6 Å². The fraction of sp³-hybridized carbons (Fsp3) is 0.481. The molecular weight excluding hydrogens is 498 g/mol. The van der Waals surface area contributed by atoms with Crippen molar-refractivity contribution in [3.63, 3.8) is 0 Å². The van der Waals surface area contributed by atoms with Crippen LogP contribution in [0.25, 0.3) is 0 Å². The van der Waals surface area contributed by atoms with Gasteiger partial charge in [-0.15, -0.1) is 0 Å². The summed E-state index contributed by atoms with van der Waals surface area (Å²) in [5.41, 5.74) is 2.15. The van der Waals surface area contributed by atoms with Crippen LogP contribution < -0.4 is 9.62 Å². The van der Waals surface area contributed by atoms with E-state index in [1.54, 1.807) is 37.3 Å². The molecule has 1 aliphatic rings. The van der Waals surface area contributed by atoms with Gasteiger partial charge in [-0.3, -0.25) is 13.9 Å². The number of carbonyl (C=O) groups is 2. The molecule has 2 aromatic rings. The Hall–Kier alpha value is -2.58. The lowest BCUT2D eigenvalue weighted by Gasteiger charge is -2.32. The molecule has 1 saturated carbocycles. The van der Waals surface area contributed by atoms with Gasteiger partial charge in [0.15, 0.2) is 0 Å². The molecule has 7 nitrogen and oxygen atoms in total. The fourth-order valence-electron chi connectivity index (χ4n) is 4.42. The van der Waals surface area contributed by atoms with Crippen molar-refractivity contribution in [3.05, 3.63) is 64.7 Å². The third-order valence-electron chi connectivity index (χ3n) is 6.69. The minimum Gasteiger partial charge on any atom is -0.352 e. The van der Waals surface area contributed by atoms with Crippen LogP contribution in [0.4, 0.5) is 5.69 Å². The first kappa shape index (κ1) is 28.0. The Morgan fingerprint density at radius 3 is 2.19 bits per heavy atom. The van der Waals surface area contributed by atoms with Gasteiger partial charge in [0, 0.05) is 17.6 Å². The molecule has 2 aromatic carbocycles. The van der Waals surface area contributed by atoms with Crippen LogP contribution >= 0.6 is 11.6 Å². The molecule has 1 fully saturated rings.